The summed E-state index contributed by atoms with van der Waals surface area (Å²) in [5.74, 6) is 0.825. The molecule has 1 aliphatic heterocycles. The molecule has 140 valence electrons. The van der Waals surface area contributed by atoms with Crippen LogP contribution in [0, 0.1) is 0 Å². The lowest BCUT2D eigenvalue weighted by atomic mass is 10.0. The van der Waals surface area contributed by atoms with Gasteiger partial charge in [-0.25, -0.2) is 0 Å². The molecule has 1 aromatic carbocycles. The highest BCUT2D eigenvalue weighted by molar-refractivity contribution is 5.91. The Morgan fingerprint density at radius 3 is 2.76 bits per heavy atom. The Kier molecular flexibility index (Phi) is 8.22. The number of anilines is 1. The molecule has 1 aromatic rings. The number of hydrogen-bond donors (Lipinski definition) is 2. The summed E-state index contributed by atoms with van der Waals surface area (Å²) in [6.07, 6.45) is 5.65. The van der Waals surface area contributed by atoms with Gasteiger partial charge in [0.05, 0.1) is 7.11 Å². The minimum Gasteiger partial charge on any atom is -0.497 e. The van der Waals surface area contributed by atoms with E-state index in [0.717, 1.165) is 37.0 Å². The van der Waals surface area contributed by atoms with Crippen LogP contribution in [0.2, 0.25) is 0 Å². The molecule has 0 spiro atoms. The van der Waals surface area contributed by atoms with Crippen LogP contribution in [0.4, 0.5) is 5.69 Å². The lowest BCUT2D eigenvalue weighted by Gasteiger charge is -2.33. The minimum absolute atomic E-state index is 0.0369. The molecular formula is C20H33N3O2. The fourth-order valence-electron chi connectivity index (χ4n) is 3.36. The molecule has 0 bridgehead atoms. The number of hydrogen-bond acceptors (Lipinski definition) is 4. The second kappa shape index (κ2) is 10.4. The zero-order valence-corrected chi connectivity index (χ0v) is 15.9. The molecule has 2 rings (SSSR count). The Morgan fingerprint density at radius 1 is 1.32 bits per heavy atom. The number of rotatable bonds is 9. The number of ether oxygens (including phenoxy) is 1. The van der Waals surface area contributed by atoms with Gasteiger partial charge in [-0.15, -0.1) is 0 Å². The summed E-state index contributed by atoms with van der Waals surface area (Å²) in [5, 5.41) is 6.39. The molecule has 0 saturated carbocycles. The van der Waals surface area contributed by atoms with Gasteiger partial charge in [-0.1, -0.05) is 6.42 Å². The van der Waals surface area contributed by atoms with E-state index < -0.39 is 0 Å². The zero-order valence-electron chi connectivity index (χ0n) is 15.9. The summed E-state index contributed by atoms with van der Waals surface area (Å²) >= 11 is 0. The molecule has 2 N–H and O–H groups in total. The predicted octanol–water partition coefficient (Wildman–Crippen LogP) is 3.27. The van der Waals surface area contributed by atoms with E-state index in [1.54, 1.807) is 7.11 Å². The first-order valence-corrected chi connectivity index (χ1v) is 9.50. The van der Waals surface area contributed by atoms with Crippen molar-refractivity contribution in [1.29, 1.82) is 0 Å². The number of carbonyl (C=O) groups excluding carboxylic acids is 1. The van der Waals surface area contributed by atoms with Crippen LogP contribution in [0.3, 0.4) is 0 Å². The maximum absolute atomic E-state index is 12.1. The molecule has 0 aliphatic carbocycles. The highest BCUT2D eigenvalue weighted by atomic mass is 16.5. The topological polar surface area (TPSA) is 53.6 Å². The van der Waals surface area contributed by atoms with Crippen LogP contribution in [-0.4, -0.2) is 49.6 Å². The molecule has 1 saturated heterocycles. The van der Waals surface area contributed by atoms with E-state index in [2.05, 4.69) is 29.4 Å². The maximum atomic E-state index is 12.1. The van der Waals surface area contributed by atoms with Crippen molar-refractivity contribution in [3.63, 3.8) is 0 Å². The van der Waals surface area contributed by atoms with Gasteiger partial charge in [0.1, 0.15) is 5.75 Å². The Bertz CT molecular complexity index is 518. The fraction of sp³-hybridized carbons (Fsp3) is 0.650. The van der Waals surface area contributed by atoms with Gasteiger partial charge in [-0.05, 0) is 77.0 Å². The summed E-state index contributed by atoms with van der Waals surface area (Å²) in [7, 11) is 1.63. The van der Waals surface area contributed by atoms with Crippen LogP contribution in [0.1, 0.15) is 46.0 Å². The fourth-order valence-corrected chi connectivity index (χ4v) is 3.36. The second-order valence-corrected chi connectivity index (χ2v) is 7.07. The lowest BCUT2D eigenvalue weighted by molar-refractivity contribution is -0.116. The van der Waals surface area contributed by atoms with Gasteiger partial charge >= 0.3 is 0 Å². The number of piperidine rings is 1. The van der Waals surface area contributed by atoms with Gasteiger partial charge < -0.3 is 20.3 Å². The van der Waals surface area contributed by atoms with E-state index in [-0.39, 0.29) is 11.9 Å². The van der Waals surface area contributed by atoms with Crippen molar-refractivity contribution in [2.75, 3.05) is 32.1 Å². The Balaban J connectivity index is 1.60. The lowest BCUT2D eigenvalue weighted by Crippen LogP contribution is -2.39. The standard InChI is InChI=1S/C20H33N3O2/c1-16(21-12-6-14-23-13-5-4-7-17(23)2)15-20(24)22-18-8-10-19(25-3)11-9-18/h8-11,16-17,21H,4-7,12-15H2,1-3H3,(H,22,24)/t16-,17-/m1/s1. The number of likely N-dealkylation sites (tertiary alicyclic amines) is 1. The average Bonchev–Trinajstić information content (AvgIpc) is 2.60. The van der Waals surface area contributed by atoms with Crippen LogP contribution in [0.5, 0.6) is 5.75 Å². The Labute approximate surface area is 152 Å². The highest BCUT2D eigenvalue weighted by Crippen LogP contribution is 2.16. The molecule has 1 fully saturated rings. The predicted molar refractivity (Wildman–Crippen MR) is 103 cm³/mol. The molecule has 25 heavy (non-hydrogen) atoms. The Morgan fingerprint density at radius 2 is 2.08 bits per heavy atom. The third-order valence-corrected chi connectivity index (χ3v) is 4.92. The molecule has 5 nitrogen and oxygen atoms in total. The van der Waals surface area contributed by atoms with Crippen LogP contribution >= 0.6 is 0 Å². The van der Waals surface area contributed by atoms with Crippen LogP contribution in [-0.2, 0) is 4.79 Å². The molecule has 1 aliphatic rings. The van der Waals surface area contributed by atoms with Gasteiger partial charge in [0.15, 0.2) is 0 Å². The smallest absolute Gasteiger partial charge is 0.225 e. The zero-order chi connectivity index (χ0) is 18.1. The quantitative estimate of drug-likeness (QED) is 0.673. The van der Waals surface area contributed by atoms with Crippen molar-refractivity contribution in [2.24, 2.45) is 0 Å². The van der Waals surface area contributed by atoms with Crippen LogP contribution in [0.25, 0.3) is 0 Å². The first kappa shape index (κ1) is 19.7. The SMILES string of the molecule is COc1ccc(NC(=O)C[C@@H](C)NCCCN2CCCC[C@H]2C)cc1. The number of nitrogens with zero attached hydrogens (tertiary/aromatic N) is 1. The minimum atomic E-state index is 0.0369. The normalized spacial score (nSPS) is 19.4. The molecule has 0 unspecified atom stereocenters. The third kappa shape index (κ3) is 7.04. The number of carbonyl (C=O) groups is 1. The summed E-state index contributed by atoms with van der Waals surface area (Å²) in [5.41, 5.74) is 0.803. The van der Waals surface area contributed by atoms with Crippen molar-refractivity contribution in [2.45, 2.75) is 58.0 Å². The Hall–Kier alpha value is -1.59. The number of benzene rings is 1. The van der Waals surface area contributed by atoms with Crippen molar-refractivity contribution < 1.29 is 9.53 Å². The van der Waals surface area contributed by atoms with Gasteiger partial charge in [0, 0.05) is 24.2 Å². The second-order valence-electron chi connectivity index (χ2n) is 7.07. The van der Waals surface area contributed by atoms with Crippen LogP contribution in [0.15, 0.2) is 24.3 Å². The third-order valence-electron chi connectivity index (χ3n) is 4.92. The molecular weight excluding hydrogens is 314 g/mol. The maximum Gasteiger partial charge on any atom is 0.225 e. The first-order chi connectivity index (χ1) is 12.1. The highest BCUT2D eigenvalue weighted by Gasteiger charge is 2.17. The molecule has 0 radical (unpaired) electrons. The van der Waals surface area contributed by atoms with Crippen molar-refractivity contribution in [3.05, 3.63) is 24.3 Å². The average molecular weight is 348 g/mol. The summed E-state index contributed by atoms with van der Waals surface area (Å²) < 4.78 is 5.12. The van der Waals surface area contributed by atoms with Crippen molar-refractivity contribution in [1.82, 2.24) is 10.2 Å². The van der Waals surface area contributed by atoms with Gasteiger partial charge in [-0.2, -0.15) is 0 Å². The summed E-state index contributed by atoms with van der Waals surface area (Å²) in [6, 6.07) is 8.31. The monoisotopic (exact) mass is 347 g/mol. The van der Waals surface area contributed by atoms with Gasteiger partial charge in [0.2, 0.25) is 5.91 Å². The summed E-state index contributed by atoms with van der Waals surface area (Å²) in [4.78, 5) is 14.7. The van der Waals surface area contributed by atoms with E-state index in [4.69, 9.17) is 4.74 Å². The van der Waals surface area contributed by atoms with E-state index >= 15 is 0 Å². The molecule has 0 aromatic heterocycles. The molecule has 5 heteroatoms. The van der Waals surface area contributed by atoms with E-state index in [1.165, 1.54) is 25.8 Å². The van der Waals surface area contributed by atoms with E-state index in [1.807, 2.05) is 24.3 Å². The van der Waals surface area contributed by atoms with Crippen molar-refractivity contribution in [3.8, 4) is 5.75 Å². The molecule has 1 amide bonds. The summed E-state index contributed by atoms with van der Waals surface area (Å²) in [6.45, 7) is 7.75. The number of methoxy groups -OCH3 is 1. The van der Waals surface area contributed by atoms with Gasteiger partial charge in [0.25, 0.3) is 0 Å². The largest absolute Gasteiger partial charge is 0.497 e. The molecule has 2 atom stereocenters. The number of amides is 1. The first-order valence-electron chi connectivity index (χ1n) is 9.50. The number of nitrogens with one attached hydrogen (secondary N) is 2. The van der Waals surface area contributed by atoms with Crippen LogP contribution < -0.4 is 15.4 Å². The van der Waals surface area contributed by atoms with E-state index in [9.17, 15) is 4.79 Å². The van der Waals surface area contributed by atoms with Crippen molar-refractivity contribution >= 4 is 11.6 Å². The van der Waals surface area contributed by atoms with Gasteiger partial charge in [-0.3, -0.25) is 4.79 Å². The van der Waals surface area contributed by atoms with E-state index in [0.29, 0.717) is 6.42 Å². The molecule has 1 heterocycles.